The maximum Gasteiger partial charge on any atom is 0.234 e. The number of ether oxygens (including phenoxy) is 2. The second-order valence-electron chi connectivity index (χ2n) is 3.74. The predicted octanol–water partition coefficient (Wildman–Crippen LogP) is 1.79. The van der Waals surface area contributed by atoms with Crippen LogP contribution in [0, 0.1) is 11.3 Å². The molecule has 96 valence electrons. The minimum Gasteiger partial charge on any atom is -0.493 e. The summed E-state index contributed by atoms with van der Waals surface area (Å²) >= 11 is 0. The molecule has 1 amide bonds. The van der Waals surface area contributed by atoms with Crippen molar-refractivity contribution in [2.45, 2.75) is 19.4 Å². The molecular formula is C13H16N2O3. The van der Waals surface area contributed by atoms with Crippen LogP contribution in [0.5, 0.6) is 11.5 Å². The molecule has 5 heteroatoms. The van der Waals surface area contributed by atoms with Gasteiger partial charge in [-0.25, -0.2) is 0 Å². The first-order valence-electron chi connectivity index (χ1n) is 5.50. The maximum absolute atomic E-state index is 11.3. The first-order valence-corrected chi connectivity index (χ1v) is 5.50. The molecule has 18 heavy (non-hydrogen) atoms. The molecule has 0 aliphatic rings. The van der Waals surface area contributed by atoms with E-state index in [1.165, 1.54) is 0 Å². The van der Waals surface area contributed by atoms with E-state index in [1.54, 1.807) is 26.4 Å². The summed E-state index contributed by atoms with van der Waals surface area (Å²) in [5, 5.41) is 11.2. The molecule has 1 atom stereocenters. The zero-order valence-corrected chi connectivity index (χ0v) is 10.7. The molecule has 1 rings (SSSR count). The Hall–Kier alpha value is -2.22. The number of methoxy groups -OCH3 is 2. The monoisotopic (exact) mass is 248 g/mol. The van der Waals surface area contributed by atoms with E-state index >= 15 is 0 Å². The van der Waals surface area contributed by atoms with Crippen molar-refractivity contribution in [2.75, 3.05) is 14.2 Å². The number of nitriles is 1. The molecule has 0 aromatic heterocycles. The molecule has 0 aliphatic heterocycles. The van der Waals surface area contributed by atoms with Crippen LogP contribution in [0.1, 0.15) is 24.9 Å². The van der Waals surface area contributed by atoms with Gasteiger partial charge < -0.3 is 14.8 Å². The fourth-order valence-corrected chi connectivity index (χ4v) is 1.57. The average Bonchev–Trinajstić information content (AvgIpc) is 2.38. The molecule has 0 aliphatic carbocycles. The van der Waals surface area contributed by atoms with Gasteiger partial charge in [0.25, 0.3) is 0 Å². The molecule has 1 aromatic rings. The molecule has 0 spiro atoms. The topological polar surface area (TPSA) is 71.3 Å². The van der Waals surface area contributed by atoms with E-state index in [9.17, 15) is 4.79 Å². The smallest absolute Gasteiger partial charge is 0.234 e. The summed E-state index contributed by atoms with van der Waals surface area (Å²) in [4.78, 5) is 11.3. The van der Waals surface area contributed by atoms with Gasteiger partial charge in [-0.05, 0) is 24.6 Å². The fraction of sp³-hybridized carbons (Fsp3) is 0.385. The Labute approximate surface area is 106 Å². The van der Waals surface area contributed by atoms with Gasteiger partial charge in [-0.1, -0.05) is 6.07 Å². The second-order valence-corrected chi connectivity index (χ2v) is 3.74. The summed E-state index contributed by atoms with van der Waals surface area (Å²) in [6.45, 7) is 1.84. The van der Waals surface area contributed by atoms with E-state index in [0.717, 1.165) is 5.56 Å². The lowest BCUT2D eigenvalue weighted by Crippen LogP contribution is -2.25. The summed E-state index contributed by atoms with van der Waals surface area (Å²) < 4.78 is 10.3. The van der Waals surface area contributed by atoms with Crippen molar-refractivity contribution >= 4 is 5.91 Å². The van der Waals surface area contributed by atoms with Crippen LogP contribution in [0.15, 0.2) is 18.2 Å². The highest BCUT2D eigenvalue weighted by molar-refractivity contribution is 5.78. The Bertz CT molecular complexity index is 466. The van der Waals surface area contributed by atoms with Crippen molar-refractivity contribution < 1.29 is 14.3 Å². The van der Waals surface area contributed by atoms with Crippen LogP contribution >= 0.6 is 0 Å². The van der Waals surface area contributed by atoms with E-state index in [1.807, 2.05) is 19.1 Å². The number of carbonyl (C=O) groups is 1. The third kappa shape index (κ3) is 3.39. The molecule has 0 bridgehead atoms. The molecule has 1 unspecified atom stereocenters. The minimum atomic E-state index is -0.292. The largest absolute Gasteiger partial charge is 0.493 e. The van der Waals surface area contributed by atoms with Crippen molar-refractivity contribution in [3.05, 3.63) is 23.8 Å². The first-order chi connectivity index (χ1) is 8.62. The van der Waals surface area contributed by atoms with Gasteiger partial charge in [-0.2, -0.15) is 5.26 Å². The highest BCUT2D eigenvalue weighted by atomic mass is 16.5. The van der Waals surface area contributed by atoms with Crippen LogP contribution in [0.2, 0.25) is 0 Å². The normalized spacial score (nSPS) is 11.2. The van der Waals surface area contributed by atoms with Gasteiger partial charge in [-0.15, -0.1) is 0 Å². The number of hydrogen-bond acceptors (Lipinski definition) is 4. The Morgan fingerprint density at radius 3 is 2.61 bits per heavy atom. The molecule has 0 radical (unpaired) electrons. The Morgan fingerprint density at radius 2 is 2.06 bits per heavy atom. The van der Waals surface area contributed by atoms with Crippen LogP contribution in [0.4, 0.5) is 0 Å². The molecule has 0 saturated carbocycles. The van der Waals surface area contributed by atoms with Gasteiger partial charge in [0.15, 0.2) is 11.5 Å². The van der Waals surface area contributed by atoms with E-state index < -0.39 is 0 Å². The van der Waals surface area contributed by atoms with Crippen molar-refractivity contribution in [3.8, 4) is 17.6 Å². The van der Waals surface area contributed by atoms with Gasteiger partial charge >= 0.3 is 0 Å². The molecule has 1 N–H and O–H groups in total. The summed E-state index contributed by atoms with van der Waals surface area (Å²) in [6.07, 6.45) is -0.141. The van der Waals surface area contributed by atoms with E-state index in [0.29, 0.717) is 11.5 Å². The lowest BCUT2D eigenvalue weighted by atomic mass is 10.1. The molecule has 0 heterocycles. The number of rotatable bonds is 5. The minimum absolute atomic E-state index is 0.141. The number of amides is 1. The maximum atomic E-state index is 11.3. The number of carbonyl (C=O) groups excluding carboxylic acids is 1. The summed E-state index contributed by atoms with van der Waals surface area (Å²) in [6, 6.07) is 7.05. The number of hydrogen-bond donors (Lipinski definition) is 1. The van der Waals surface area contributed by atoms with Gasteiger partial charge in [0.2, 0.25) is 5.91 Å². The zero-order valence-electron chi connectivity index (χ0n) is 10.7. The van der Waals surface area contributed by atoms with E-state index in [-0.39, 0.29) is 18.4 Å². The SMILES string of the molecule is COc1ccc(C(C)NC(=O)CC#N)cc1OC. The van der Waals surface area contributed by atoms with Crippen molar-refractivity contribution in [2.24, 2.45) is 0 Å². The van der Waals surface area contributed by atoms with Gasteiger partial charge in [0.05, 0.1) is 26.3 Å². The van der Waals surface area contributed by atoms with Gasteiger partial charge in [0, 0.05) is 0 Å². The average molecular weight is 248 g/mol. The lowest BCUT2D eigenvalue weighted by Gasteiger charge is -2.15. The van der Waals surface area contributed by atoms with Crippen LogP contribution in [0.25, 0.3) is 0 Å². The van der Waals surface area contributed by atoms with Crippen molar-refractivity contribution in [1.29, 1.82) is 5.26 Å². The van der Waals surface area contributed by atoms with E-state index in [2.05, 4.69) is 5.32 Å². The molecular weight excluding hydrogens is 232 g/mol. The van der Waals surface area contributed by atoms with Crippen LogP contribution in [-0.4, -0.2) is 20.1 Å². The standard InChI is InChI=1S/C13H16N2O3/c1-9(15-13(16)6-7-14)10-4-5-11(17-2)12(8-10)18-3/h4-5,8-9H,6H2,1-3H3,(H,15,16). The molecule has 0 fully saturated rings. The summed E-state index contributed by atoms with van der Waals surface area (Å²) in [7, 11) is 3.12. The van der Waals surface area contributed by atoms with Gasteiger partial charge in [-0.3, -0.25) is 4.79 Å². The summed E-state index contributed by atoms with van der Waals surface area (Å²) in [5.74, 6) is 0.952. The third-order valence-electron chi connectivity index (χ3n) is 2.52. The second kappa shape index (κ2) is 6.50. The van der Waals surface area contributed by atoms with Crippen LogP contribution in [0.3, 0.4) is 0 Å². The predicted molar refractivity (Wildman–Crippen MR) is 66.3 cm³/mol. The molecule has 5 nitrogen and oxygen atoms in total. The van der Waals surface area contributed by atoms with Crippen molar-refractivity contribution in [3.63, 3.8) is 0 Å². The third-order valence-corrected chi connectivity index (χ3v) is 2.52. The highest BCUT2D eigenvalue weighted by Crippen LogP contribution is 2.29. The lowest BCUT2D eigenvalue weighted by molar-refractivity contribution is -0.120. The number of benzene rings is 1. The Morgan fingerprint density at radius 1 is 1.39 bits per heavy atom. The zero-order chi connectivity index (χ0) is 13.5. The Balaban J connectivity index is 2.83. The highest BCUT2D eigenvalue weighted by Gasteiger charge is 2.12. The molecule has 1 aromatic carbocycles. The first kappa shape index (κ1) is 13.8. The number of nitrogens with zero attached hydrogens (tertiary/aromatic N) is 1. The molecule has 0 saturated heterocycles. The van der Waals surface area contributed by atoms with Crippen LogP contribution < -0.4 is 14.8 Å². The number of nitrogens with one attached hydrogen (secondary N) is 1. The van der Waals surface area contributed by atoms with Crippen molar-refractivity contribution in [1.82, 2.24) is 5.32 Å². The Kier molecular flexibility index (Phi) is 5.00. The van der Waals surface area contributed by atoms with Crippen LogP contribution in [-0.2, 0) is 4.79 Å². The van der Waals surface area contributed by atoms with E-state index in [4.69, 9.17) is 14.7 Å². The fourth-order valence-electron chi connectivity index (χ4n) is 1.57. The van der Waals surface area contributed by atoms with Gasteiger partial charge in [0.1, 0.15) is 6.42 Å². The summed E-state index contributed by atoms with van der Waals surface area (Å²) in [5.41, 5.74) is 0.888. The quantitative estimate of drug-likeness (QED) is 0.862.